The number of carbonyl (C=O) groups excluding carboxylic acids is 2. The van der Waals surface area contributed by atoms with Gasteiger partial charge >= 0.3 is 11.9 Å². The van der Waals surface area contributed by atoms with E-state index < -0.39 is 17.9 Å². The van der Waals surface area contributed by atoms with Crippen LogP contribution >= 0.6 is 11.6 Å². The molecule has 0 atom stereocenters. The molecule has 6 heteroatoms. The Kier molecular flexibility index (Phi) is 6.73. The predicted molar refractivity (Wildman–Crippen MR) is 76.4 cm³/mol. The molecular formula is C14H16ClNO4. The Bertz CT molecular complexity index is 484. The van der Waals surface area contributed by atoms with E-state index in [-0.39, 0.29) is 13.2 Å². The molecule has 1 aromatic carbocycles. The zero-order valence-corrected chi connectivity index (χ0v) is 12.1. The zero-order valence-electron chi connectivity index (χ0n) is 11.3. The van der Waals surface area contributed by atoms with E-state index in [1.807, 2.05) is 0 Å². The maximum Gasteiger partial charge on any atom is 0.325 e. The number of ether oxygens (including phenoxy) is 2. The fourth-order valence-electron chi connectivity index (χ4n) is 1.40. The Morgan fingerprint density at radius 3 is 2.35 bits per heavy atom. The van der Waals surface area contributed by atoms with Crippen molar-refractivity contribution in [2.75, 3.05) is 13.2 Å². The minimum atomic E-state index is -1.17. The molecule has 0 fully saturated rings. The largest absolute Gasteiger partial charge is 0.465 e. The van der Waals surface area contributed by atoms with E-state index in [1.54, 1.807) is 38.1 Å². The Morgan fingerprint density at radius 1 is 1.25 bits per heavy atom. The molecule has 0 aliphatic carbocycles. The third-order valence-corrected chi connectivity index (χ3v) is 2.50. The highest BCUT2D eigenvalue weighted by Crippen LogP contribution is 2.18. The van der Waals surface area contributed by atoms with Gasteiger partial charge in [-0.2, -0.15) is 0 Å². The van der Waals surface area contributed by atoms with E-state index >= 15 is 0 Å². The third kappa shape index (κ3) is 5.01. The minimum Gasteiger partial charge on any atom is -0.465 e. The minimum absolute atomic E-state index is 0.180. The molecule has 1 aromatic rings. The molecule has 0 heterocycles. The van der Waals surface area contributed by atoms with Gasteiger partial charge in [-0.25, -0.2) is 0 Å². The van der Waals surface area contributed by atoms with Crippen LogP contribution in [0.3, 0.4) is 0 Å². The van der Waals surface area contributed by atoms with Crippen LogP contribution in [0.1, 0.15) is 13.8 Å². The molecule has 0 unspecified atom stereocenters. The summed E-state index contributed by atoms with van der Waals surface area (Å²) in [5.41, 5.74) is 0.538. The molecule has 108 valence electrons. The van der Waals surface area contributed by atoms with Crippen LogP contribution in [0.15, 0.2) is 29.3 Å². The number of aliphatic imine (C=N–C) groups is 1. The molecule has 0 aliphatic rings. The quantitative estimate of drug-likeness (QED) is 0.460. The normalized spacial score (nSPS) is 10.8. The number of halogens is 1. The molecular weight excluding hydrogens is 282 g/mol. The van der Waals surface area contributed by atoms with E-state index in [0.717, 1.165) is 0 Å². The first-order valence-electron chi connectivity index (χ1n) is 6.21. The van der Waals surface area contributed by atoms with E-state index in [0.29, 0.717) is 10.7 Å². The number of carbonyl (C=O) groups is 2. The monoisotopic (exact) mass is 297 g/mol. The summed E-state index contributed by atoms with van der Waals surface area (Å²) in [5, 5.41) is 0.517. The molecule has 20 heavy (non-hydrogen) atoms. The Balaban J connectivity index is 2.88. The van der Waals surface area contributed by atoms with E-state index in [9.17, 15) is 9.59 Å². The first-order chi connectivity index (χ1) is 9.58. The van der Waals surface area contributed by atoms with Crippen molar-refractivity contribution < 1.29 is 19.1 Å². The summed E-state index contributed by atoms with van der Waals surface area (Å²) in [4.78, 5) is 27.5. The first kappa shape index (κ1) is 16.2. The lowest BCUT2D eigenvalue weighted by Crippen LogP contribution is -2.29. The van der Waals surface area contributed by atoms with Crippen molar-refractivity contribution in [3.05, 3.63) is 29.3 Å². The van der Waals surface area contributed by atoms with E-state index in [1.165, 1.54) is 6.21 Å². The molecule has 0 aromatic heterocycles. The third-order valence-electron chi connectivity index (χ3n) is 2.26. The molecule has 5 nitrogen and oxygen atoms in total. The second-order valence-electron chi connectivity index (χ2n) is 3.74. The number of nitrogens with zero attached hydrogens (tertiary/aromatic N) is 1. The fourth-order valence-corrected chi connectivity index (χ4v) is 1.58. The van der Waals surface area contributed by atoms with Gasteiger partial charge in [-0.05, 0) is 32.0 Å². The first-order valence-corrected chi connectivity index (χ1v) is 6.59. The number of hydrogen-bond acceptors (Lipinski definition) is 5. The van der Waals surface area contributed by atoms with E-state index in [4.69, 9.17) is 21.1 Å². The summed E-state index contributed by atoms with van der Waals surface area (Å²) >= 11 is 5.83. The molecule has 1 rings (SSSR count). The van der Waals surface area contributed by atoms with Gasteiger partial charge in [0.25, 0.3) is 0 Å². The van der Waals surface area contributed by atoms with Crippen LogP contribution < -0.4 is 0 Å². The van der Waals surface area contributed by atoms with Crippen molar-refractivity contribution in [2.45, 2.75) is 13.8 Å². The Labute approximate surface area is 122 Å². The summed E-state index contributed by atoms with van der Waals surface area (Å²) in [7, 11) is 0. The van der Waals surface area contributed by atoms with Crippen molar-refractivity contribution in [1.29, 1.82) is 0 Å². The maximum absolute atomic E-state index is 11.7. The number of esters is 2. The van der Waals surface area contributed by atoms with Crippen LogP contribution in [0.4, 0.5) is 5.69 Å². The highest BCUT2D eigenvalue weighted by atomic mass is 35.5. The van der Waals surface area contributed by atoms with Crippen LogP contribution in [0, 0.1) is 5.92 Å². The maximum atomic E-state index is 11.7. The van der Waals surface area contributed by atoms with Crippen molar-refractivity contribution in [2.24, 2.45) is 10.9 Å². The molecule has 0 saturated carbocycles. The summed E-state index contributed by atoms with van der Waals surface area (Å²) in [6.45, 7) is 3.68. The Hall–Kier alpha value is -1.88. The molecule has 0 saturated heterocycles. The van der Waals surface area contributed by atoms with Crippen LogP contribution in [-0.4, -0.2) is 31.4 Å². The van der Waals surface area contributed by atoms with Gasteiger partial charge in [0.2, 0.25) is 0 Å². The highest BCUT2D eigenvalue weighted by molar-refractivity contribution is 6.30. The lowest BCUT2D eigenvalue weighted by Gasteiger charge is -2.09. The summed E-state index contributed by atoms with van der Waals surface area (Å²) in [6.07, 6.45) is 1.21. The second kappa shape index (κ2) is 8.32. The highest BCUT2D eigenvalue weighted by Gasteiger charge is 2.27. The number of rotatable bonds is 6. The van der Waals surface area contributed by atoms with Crippen LogP contribution in [0.2, 0.25) is 5.02 Å². The summed E-state index contributed by atoms with van der Waals surface area (Å²) in [6, 6.07) is 6.74. The average Bonchev–Trinajstić information content (AvgIpc) is 2.39. The van der Waals surface area contributed by atoms with Gasteiger partial charge in [0.1, 0.15) is 0 Å². The van der Waals surface area contributed by atoms with Crippen molar-refractivity contribution in [3.8, 4) is 0 Å². The van der Waals surface area contributed by atoms with Crippen molar-refractivity contribution in [3.63, 3.8) is 0 Å². The lowest BCUT2D eigenvalue weighted by molar-refractivity contribution is -0.157. The predicted octanol–water partition coefficient (Wildman–Crippen LogP) is 2.78. The van der Waals surface area contributed by atoms with Gasteiger partial charge in [-0.3, -0.25) is 14.6 Å². The molecule has 0 radical (unpaired) electrons. The smallest absolute Gasteiger partial charge is 0.325 e. The van der Waals surface area contributed by atoms with Crippen LogP contribution in [0.5, 0.6) is 0 Å². The van der Waals surface area contributed by atoms with Gasteiger partial charge in [0.15, 0.2) is 5.92 Å². The van der Waals surface area contributed by atoms with Gasteiger partial charge in [-0.1, -0.05) is 17.7 Å². The van der Waals surface area contributed by atoms with Crippen LogP contribution in [0.25, 0.3) is 0 Å². The molecule has 0 N–H and O–H groups in total. The molecule has 0 bridgehead atoms. The average molecular weight is 298 g/mol. The number of benzene rings is 1. The molecule has 0 amide bonds. The number of hydrogen-bond donors (Lipinski definition) is 0. The van der Waals surface area contributed by atoms with Gasteiger partial charge < -0.3 is 9.47 Å². The topological polar surface area (TPSA) is 65.0 Å². The summed E-state index contributed by atoms with van der Waals surface area (Å²) in [5.74, 6) is -2.54. The van der Waals surface area contributed by atoms with Crippen molar-refractivity contribution in [1.82, 2.24) is 0 Å². The molecule has 0 spiro atoms. The Morgan fingerprint density at radius 2 is 1.85 bits per heavy atom. The van der Waals surface area contributed by atoms with Gasteiger partial charge in [-0.15, -0.1) is 0 Å². The van der Waals surface area contributed by atoms with Gasteiger partial charge in [0, 0.05) is 11.2 Å². The zero-order chi connectivity index (χ0) is 15.0. The van der Waals surface area contributed by atoms with Crippen LogP contribution in [-0.2, 0) is 19.1 Å². The summed E-state index contributed by atoms with van der Waals surface area (Å²) < 4.78 is 9.65. The molecule has 0 aliphatic heterocycles. The standard InChI is InChI=1S/C14H16ClNO4/c1-3-19-13(17)12(14(18)20-4-2)9-16-11-7-5-6-10(15)8-11/h5-9,12H,3-4H2,1-2H3. The van der Waals surface area contributed by atoms with E-state index in [2.05, 4.69) is 4.99 Å². The fraction of sp³-hybridized carbons (Fsp3) is 0.357. The lowest BCUT2D eigenvalue weighted by atomic mass is 10.1. The second-order valence-corrected chi connectivity index (χ2v) is 4.18. The SMILES string of the molecule is CCOC(=O)C(C=Nc1cccc(Cl)c1)C(=O)OCC. The van der Waals surface area contributed by atoms with Gasteiger partial charge in [0.05, 0.1) is 18.9 Å². The van der Waals surface area contributed by atoms with Crippen molar-refractivity contribution >= 4 is 35.4 Å².